The average molecular weight is 165 g/mol. The summed E-state index contributed by atoms with van der Waals surface area (Å²) in [5.41, 5.74) is 0. The van der Waals surface area contributed by atoms with Crippen molar-refractivity contribution in [3.63, 3.8) is 0 Å². The molecule has 0 aromatic carbocycles. The minimum atomic E-state index is -0.889. The van der Waals surface area contributed by atoms with Gasteiger partial charge in [0.15, 0.2) is 0 Å². The second-order valence-electron chi connectivity index (χ2n) is 2.10. The SMILES string of the molecule is CC(C)=O.[2HH].[2H]C(C)(C)C=O.[2H]C=O. The van der Waals surface area contributed by atoms with Gasteiger partial charge in [-0.1, -0.05) is 13.8 Å². The Balaban J connectivity index is -0.0000000553. The van der Waals surface area contributed by atoms with Gasteiger partial charge in [0.25, 0.3) is 0 Å². The zero-order chi connectivity index (χ0) is 11.5. The molecule has 0 atom stereocenters. The standard InChI is InChI=1S/C4H8O.C3H6O.CH2O.H2/c1-4(2)3-5;1-3(2)4;1-2;/h3-4H,1-2H3;1-2H3;1H2;1H/i4D;;1D;1+1. The highest BCUT2D eigenvalue weighted by atomic mass is 16.1. The van der Waals surface area contributed by atoms with Crippen LogP contribution in [0, 0.1) is 5.89 Å². The second kappa shape index (κ2) is 16.0. The molecule has 0 amide bonds. The Morgan fingerprint density at radius 2 is 1.82 bits per heavy atom. The summed E-state index contributed by atoms with van der Waals surface area (Å²) in [6.07, 6.45) is 0.604. The van der Waals surface area contributed by atoms with Crippen molar-refractivity contribution in [3.8, 4) is 0 Å². The third-order valence-electron chi connectivity index (χ3n) is 0.236. The van der Waals surface area contributed by atoms with Crippen LogP contribution in [0.5, 0.6) is 0 Å². The van der Waals surface area contributed by atoms with Gasteiger partial charge in [-0.2, -0.15) is 0 Å². The fourth-order valence-corrected chi connectivity index (χ4v) is 0. The van der Waals surface area contributed by atoms with Crippen molar-refractivity contribution in [2.75, 3.05) is 0 Å². The quantitative estimate of drug-likeness (QED) is 0.553. The van der Waals surface area contributed by atoms with Crippen molar-refractivity contribution in [2.45, 2.75) is 27.7 Å². The van der Waals surface area contributed by atoms with Crippen molar-refractivity contribution >= 4 is 18.8 Å². The van der Waals surface area contributed by atoms with E-state index in [2.05, 4.69) is 0 Å². The van der Waals surface area contributed by atoms with Gasteiger partial charge in [0.2, 0.25) is 0 Å². The van der Waals surface area contributed by atoms with Crippen LogP contribution < -0.4 is 0 Å². The number of aldehydes is 1. The first-order valence-corrected chi connectivity index (χ1v) is 2.96. The fraction of sp³-hybridized carbons (Fsp3) is 0.625. The van der Waals surface area contributed by atoms with Gasteiger partial charge >= 0.3 is 0 Å². The molecule has 0 aromatic heterocycles. The van der Waals surface area contributed by atoms with Gasteiger partial charge < -0.3 is 14.4 Å². The summed E-state index contributed by atoms with van der Waals surface area (Å²) in [5.74, 6) is -0.722. The van der Waals surface area contributed by atoms with Crippen molar-refractivity contribution in [3.05, 3.63) is 0 Å². The molecule has 0 rings (SSSR count). The lowest BCUT2D eigenvalue weighted by molar-refractivity contribution is -0.115. The highest BCUT2D eigenvalue weighted by Crippen LogP contribution is 1.78. The Morgan fingerprint density at radius 1 is 1.73 bits per heavy atom. The van der Waals surface area contributed by atoms with E-state index in [9.17, 15) is 9.59 Å². The van der Waals surface area contributed by atoms with Gasteiger partial charge in [0, 0.05) is 8.69 Å². The number of rotatable bonds is 1. The molecule has 0 aliphatic heterocycles. The van der Waals surface area contributed by atoms with E-state index in [4.69, 9.17) is 7.54 Å². The maximum atomic E-state index is 9.64. The lowest BCUT2D eigenvalue weighted by atomic mass is 10.3. The summed E-state index contributed by atoms with van der Waals surface area (Å²) in [6.45, 7) is 6.14. The zero-order valence-electron chi connectivity index (χ0n) is 9.38. The van der Waals surface area contributed by atoms with Crippen LogP contribution in [0.3, 0.4) is 0 Å². The minimum absolute atomic E-state index is 0. The molecule has 0 radical (unpaired) electrons. The Kier molecular flexibility index (Phi) is 14.6. The predicted molar refractivity (Wildman–Crippen MR) is 46.5 cm³/mol. The fourth-order valence-electron chi connectivity index (χ4n) is 0. The number of carbonyl (C=O) groups excluding carboxylic acids is 3. The summed E-state index contributed by atoms with van der Waals surface area (Å²) >= 11 is 0. The van der Waals surface area contributed by atoms with E-state index in [1.54, 1.807) is 13.8 Å². The second-order valence-corrected chi connectivity index (χ2v) is 2.10. The summed E-state index contributed by atoms with van der Waals surface area (Å²) in [7, 11) is 0. The molecule has 0 saturated heterocycles. The first kappa shape index (κ1) is 10.0. The molecule has 0 saturated carbocycles. The summed E-state index contributed by atoms with van der Waals surface area (Å²) in [6, 6.07) is 0. The maximum Gasteiger partial charge on any atom is 0.126 e. The van der Waals surface area contributed by atoms with Gasteiger partial charge in [0.1, 0.15) is 20.2 Å². The lowest BCUT2D eigenvalue weighted by Gasteiger charge is -1.78. The van der Waals surface area contributed by atoms with E-state index >= 15 is 0 Å². The van der Waals surface area contributed by atoms with Crippen LogP contribution in [-0.2, 0) is 14.4 Å². The Bertz CT molecular complexity index is 148. The topological polar surface area (TPSA) is 51.2 Å². The highest BCUT2D eigenvalue weighted by Gasteiger charge is 1.79. The minimum Gasteiger partial charge on any atom is -0.307 e. The smallest absolute Gasteiger partial charge is 0.126 e. The molecule has 0 heterocycles. The summed E-state index contributed by atoms with van der Waals surface area (Å²) in [5, 5.41) is 0. The first-order chi connectivity index (χ1) is 5.71. The molecule has 3 heteroatoms. The lowest BCUT2D eigenvalue weighted by Crippen LogP contribution is -1.82. The Labute approximate surface area is 72.1 Å². The summed E-state index contributed by atoms with van der Waals surface area (Å²) in [4.78, 5) is 27.6. The first-order valence-electron chi connectivity index (χ1n) is 4.04. The largest absolute Gasteiger partial charge is 0.307 e. The number of Topliss-reactive ketones (excluding diaryl/α,β-unsaturated/α-hetero) is 1. The van der Waals surface area contributed by atoms with Gasteiger partial charge in [-0.3, -0.25) is 0 Å². The molecular formula is C8H18O3. The van der Waals surface area contributed by atoms with Gasteiger partial charge in [-0.15, -0.1) is 0 Å². The van der Waals surface area contributed by atoms with Gasteiger partial charge in [-0.05, 0) is 13.8 Å². The number of hydrogen-bond donors (Lipinski definition) is 0. The monoisotopic (exact) mass is 165 g/mol. The number of carbonyl (C=O) groups is 3. The van der Waals surface area contributed by atoms with Crippen LogP contribution in [-0.4, -0.2) is 18.8 Å². The van der Waals surface area contributed by atoms with Gasteiger partial charge in [0.05, 0.1) is 0 Å². The summed E-state index contributed by atoms with van der Waals surface area (Å²) < 4.78 is 12.3. The van der Waals surface area contributed by atoms with Crippen LogP contribution in [0.2, 0.25) is 0 Å². The molecule has 0 aliphatic carbocycles. The third kappa shape index (κ3) is 434. The van der Waals surface area contributed by atoms with Gasteiger partial charge in [-0.25, -0.2) is 0 Å². The molecule has 0 unspecified atom stereocenters. The van der Waals surface area contributed by atoms with Crippen LogP contribution in [0.4, 0.5) is 0 Å². The van der Waals surface area contributed by atoms with Crippen LogP contribution in [0.25, 0.3) is 0 Å². The van der Waals surface area contributed by atoms with E-state index in [0.29, 0.717) is 6.29 Å². The van der Waals surface area contributed by atoms with E-state index < -0.39 is 5.89 Å². The van der Waals surface area contributed by atoms with Crippen molar-refractivity contribution in [1.82, 2.24) is 0 Å². The predicted octanol–water partition coefficient (Wildman–Crippen LogP) is 1.50. The zero-order valence-corrected chi connectivity index (χ0v) is 7.38. The van der Waals surface area contributed by atoms with E-state index in [-0.39, 0.29) is 14.0 Å². The highest BCUT2D eigenvalue weighted by molar-refractivity contribution is 5.72. The average Bonchev–Trinajstić information content (AvgIpc) is 1.86. The van der Waals surface area contributed by atoms with E-state index in [1.165, 1.54) is 13.8 Å². The maximum absolute atomic E-state index is 9.64. The molecule has 0 aromatic rings. The molecular weight excluding hydrogens is 144 g/mol. The molecule has 3 nitrogen and oxygen atoms in total. The molecule has 0 N–H and O–H groups in total. The Hall–Kier alpha value is -0.990. The normalized spacial score (nSPS) is 9.82. The van der Waals surface area contributed by atoms with E-state index in [1.807, 2.05) is 0 Å². The van der Waals surface area contributed by atoms with Crippen molar-refractivity contribution in [2.24, 2.45) is 5.89 Å². The molecule has 0 spiro atoms. The Morgan fingerprint density at radius 3 is 1.82 bits per heavy atom. The molecule has 0 aliphatic rings. The van der Waals surface area contributed by atoms with Crippen molar-refractivity contribution in [1.29, 1.82) is 0 Å². The molecule has 0 bridgehead atoms. The van der Waals surface area contributed by atoms with E-state index in [0.717, 1.165) is 0 Å². The number of hydrogen-bond acceptors (Lipinski definition) is 3. The molecule has 0 fully saturated rings. The molecule has 68 valence electrons. The van der Waals surface area contributed by atoms with Crippen LogP contribution in [0.1, 0.15) is 31.9 Å². The van der Waals surface area contributed by atoms with Crippen molar-refractivity contribution < 1.29 is 18.6 Å². The van der Waals surface area contributed by atoms with Crippen LogP contribution in [0.15, 0.2) is 0 Å². The third-order valence-corrected chi connectivity index (χ3v) is 0.236. The molecule has 11 heavy (non-hydrogen) atoms. The number of ketones is 1. The van der Waals surface area contributed by atoms with Crippen LogP contribution >= 0.6 is 0 Å².